The summed E-state index contributed by atoms with van der Waals surface area (Å²) in [6, 6.07) is 2.47. The summed E-state index contributed by atoms with van der Waals surface area (Å²) >= 11 is 1.27. The number of carbonyl (C=O) groups excluding carboxylic acids is 2. The van der Waals surface area contributed by atoms with E-state index in [1.807, 2.05) is 6.07 Å². The monoisotopic (exact) mass is 430 g/mol. The first-order chi connectivity index (χ1) is 14.0. The molecule has 1 amide bonds. The molecule has 0 radical (unpaired) electrons. The zero-order valence-corrected chi connectivity index (χ0v) is 18.4. The van der Waals surface area contributed by atoms with Crippen molar-refractivity contribution in [1.82, 2.24) is 5.32 Å². The van der Waals surface area contributed by atoms with Crippen LogP contribution in [0, 0.1) is 6.92 Å². The van der Waals surface area contributed by atoms with Crippen LogP contribution in [0.25, 0.3) is 21.9 Å². The predicted molar refractivity (Wildman–Crippen MR) is 115 cm³/mol. The third-order valence-electron chi connectivity index (χ3n) is 5.08. The molecule has 1 atom stereocenters. The predicted octanol–water partition coefficient (Wildman–Crippen LogP) is 2.29. The minimum Gasteiger partial charge on any atom is -0.548 e. The summed E-state index contributed by atoms with van der Waals surface area (Å²) in [7, 11) is 0. The highest BCUT2D eigenvalue weighted by molar-refractivity contribution is 7.98. The van der Waals surface area contributed by atoms with Gasteiger partial charge in [0.15, 0.2) is 0 Å². The SMILES string of the molecule is CSC[C@H](NC(=O)Cc1c(C)c2cc3c(C(C)(C)C)coc3cc2oc1=O)C(=O)[O-]. The number of fused-ring (bicyclic) bond motifs is 2. The molecule has 0 saturated carbocycles. The highest BCUT2D eigenvalue weighted by Gasteiger charge is 2.22. The number of thioether (sulfide) groups is 1. The smallest absolute Gasteiger partial charge is 0.340 e. The van der Waals surface area contributed by atoms with Gasteiger partial charge in [-0.15, -0.1) is 0 Å². The number of amides is 1. The van der Waals surface area contributed by atoms with Gasteiger partial charge in [0.1, 0.15) is 11.2 Å². The molecule has 0 bridgehead atoms. The van der Waals surface area contributed by atoms with Crippen molar-refractivity contribution in [1.29, 1.82) is 0 Å². The Bertz CT molecular complexity index is 1180. The van der Waals surface area contributed by atoms with Gasteiger partial charge in [-0.25, -0.2) is 4.79 Å². The summed E-state index contributed by atoms with van der Waals surface area (Å²) in [6.07, 6.45) is 3.15. The lowest BCUT2D eigenvalue weighted by atomic mass is 9.86. The van der Waals surface area contributed by atoms with E-state index >= 15 is 0 Å². The first-order valence-corrected chi connectivity index (χ1v) is 10.9. The van der Waals surface area contributed by atoms with Crippen molar-refractivity contribution in [3.05, 3.63) is 45.5 Å². The molecule has 0 fully saturated rings. The molecule has 3 rings (SSSR count). The van der Waals surface area contributed by atoms with Crippen LogP contribution >= 0.6 is 11.8 Å². The molecule has 3 aromatic rings. The van der Waals surface area contributed by atoms with Gasteiger partial charge in [-0.1, -0.05) is 20.8 Å². The average Bonchev–Trinajstić information content (AvgIpc) is 3.06. The van der Waals surface area contributed by atoms with E-state index in [4.69, 9.17) is 8.83 Å². The third-order valence-corrected chi connectivity index (χ3v) is 5.75. The molecule has 160 valence electrons. The van der Waals surface area contributed by atoms with Crippen molar-refractivity contribution in [2.45, 2.75) is 45.6 Å². The lowest BCUT2D eigenvalue weighted by Crippen LogP contribution is -2.50. The summed E-state index contributed by atoms with van der Waals surface area (Å²) in [5, 5.41) is 15.2. The van der Waals surface area contributed by atoms with Crippen molar-refractivity contribution < 1.29 is 23.5 Å². The molecule has 8 heteroatoms. The van der Waals surface area contributed by atoms with Crippen LogP contribution in [0.4, 0.5) is 0 Å². The fourth-order valence-electron chi connectivity index (χ4n) is 3.44. The van der Waals surface area contributed by atoms with Gasteiger partial charge in [-0.3, -0.25) is 4.79 Å². The normalized spacial score (nSPS) is 13.0. The Morgan fingerprint density at radius 3 is 2.50 bits per heavy atom. The van der Waals surface area contributed by atoms with Crippen molar-refractivity contribution in [3.8, 4) is 0 Å². The van der Waals surface area contributed by atoms with Gasteiger partial charge in [0.2, 0.25) is 5.91 Å². The zero-order chi connectivity index (χ0) is 22.2. The van der Waals surface area contributed by atoms with E-state index in [9.17, 15) is 19.5 Å². The molecule has 30 heavy (non-hydrogen) atoms. The largest absolute Gasteiger partial charge is 0.548 e. The maximum Gasteiger partial charge on any atom is 0.340 e. The Labute approximate surface area is 177 Å². The van der Waals surface area contributed by atoms with Crippen molar-refractivity contribution in [3.63, 3.8) is 0 Å². The summed E-state index contributed by atoms with van der Waals surface area (Å²) in [6.45, 7) is 8.00. The zero-order valence-electron chi connectivity index (χ0n) is 17.6. The number of carboxylic acid groups (broad SMARTS) is 1. The second kappa shape index (κ2) is 8.18. The minimum atomic E-state index is -1.36. The van der Waals surface area contributed by atoms with E-state index in [1.165, 1.54) is 11.8 Å². The van der Waals surface area contributed by atoms with Gasteiger partial charge < -0.3 is 24.1 Å². The fourth-order valence-corrected chi connectivity index (χ4v) is 3.99. The number of hydrogen-bond acceptors (Lipinski definition) is 7. The lowest BCUT2D eigenvalue weighted by molar-refractivity contribution is -0.307. The summed E-state index contributed by atoms with van der Waals surface area (Å²) in [5.74, 6) is -1.77. The molecule has 1 aromatic carbocycles. The van der Waals surface area contributed by atoms with Crippen molar-refractivity contribution in [2.24, 2.45) is 0 Å². The van der Waals surface area contributed by atoms with Gasteiger partial charge in [-0.05, 0) is 30.2 Å². The van der Waals surface area contributed by atoms with E-state index in [0.717, 1.165) is 10.9 Å². The second-order valence-electron chi connectivity index (χ2n) is 8.31. The molecule has 2 heterocycles. The van der Waals surface area contributed by atoms with E-state index in [-0.39, 0.29) is 23.2 Å². The first kappa shape index (κ1) is 22.0. The Morgan fingerprint density at radius 2 is 1.90 bits per heavy atom. The molecular weight excluding hydrogens is 406 g/mol. The van der Waals surface area contributed by atoms with E-state index < -0.39 is 23.5 Å². The van der Waals surface area contributed by atoms with E-state index in [2.05, 4.69) is 26.1 Å². The van der Waals surface area contributed by atoms with Crippen LogP contribution < -0.4 is 16.0 Å². The number of benzene rings is 1. The number of aliphatic carboxylic acids is 1. The van der Waals surface area contributed by atoms with Gasteiger partial charge >= 0.3 is 5.63 Å². The van der Waals surface area contributed by atoms with Crippen LogP contribution in [0.1, 0.15) is 37.5 Å². The molecule has 7 nitrogen and oxygen atoms in total. The van der Waals surface area contributed by atoms with Crippen LogP contribution in [0.5, 0.6) is 0 Å². The maximum atomic E-state index is 12.5. The number of furan rings is 1. The number of hydrogen-bond donors (Lipinski definition) is 1. The maximum absolute atomic E-state index is 12.5. The molecule has 0 saturated heterocycles. The summed E-state index contributed by atoms with van der Waals surface area (Å²) in [5.41, 5.74) is 2.07. The highest BCUT2D eigenvalue weighted by atomic mass is 32.2. The number of carboxylic acids is 1. The third kappa shape index (κ3) is 4.23. The Balaban J connectivity index is 2.03. The lowest BCUT2D eigenvalue weighted by Gasteiger charge is -2.19. The number of carbonyl (C=O) groups is 2. The van der Waals surface area contributed by atoms with Gasteiger partial charge in [0.25, 0.3) is 0 Å². The topological polar surface area (TPSA) is 113 Å². The fraction of sp³-hybridized carbons (Fsp3) is 0.409. The first-order valence-electron chi connectivity index (χ1n) is 9.50. The van der Waals surface area contributed by atoms with Gasteiger partial charge in [-0.2, -0.15) is 11.8 Å². The Kier molecular flexibility index (Phi) is 5.99. The minimum absolute atomic E-state index is 0.137. The quantitative estimate of drug-likeness (QED) is 0.597. The average molecular weight is 431 g/mol. The Hall–Kier alpha value is -2.74. The van der Waals surface area contributed by atoms with Crippen LogP contribution in [-0.4, -0.2) is 29.9 Å². The molecule has 2 aromatic heterocycles. The van der Waals surface area contributed by atoms with Crippen molar-refractivity contribution >= 4 is 45.6 Å². The summed E-state index contributed by atoms with van der Waals surface area (Å²) in [4.78, 5) is 36.1. The molecule has 0 spiro atoms. The van der Waals surface area contributed by atoms with Crippen LogP contribution in [0.2, 0.25) is 0 Å². The Morgan fingerprint density at radius 1 is 1.20 bits per heavy atom. The van der Waals surface area contributed by atoms with Gasteiger partial charge in [0.05, 0.1) is 30.3 Å². The van der Waals surface area contributed by atoms with Crippen LogP contribution in [0.15, 0.2) is 32.0 Å². The van der Waals surface area contributed by atoms with Crippen LogP contribution in [-0.2, 0) is 21.4 Å². The standard InChI is InChI=1S/C22H25NO6S/c1-11-12-6-14-15(22(2,3)4)9-28-17(14)8-18(12)29-21(27)13(11)7-19(24)23-16(10-30-5)20(25)26/h6,8-9,16H,7,10H2,1-5H3,(H,23,24)(H,25,26)/p-1/t16-/m0/s1. The molecule has 0 unspecified atom stereocenters. The molecule has 0 aliphatic heterocycles. The van der Waals surface area contributed by atoms with Crippen LogP contribution in [0.3, 0.4) is 0 Å². The molecular formula is C22H24NO6S-. The second-order valence-corrected chi connectivity index (χ2v) is 9.22. The molecule has 0 aliphatic rings. The summed E-state index contributed by atoms with van der Waals surface area (Å²) < 4.78 is 11.1. The van der Waals surface area contributed by atoms with E-state index in [1.54, 1.807) is 25.5 Å². The highest BCUT2D eigenvalue weighted by Crippen LogP contribution is 2.35. The molecule has 1 N–H and O–H groups in total. The molecule has 0 aliphatic carbocycles. The number of aryl methyl sites for hydroxylation is 1. The van der Waals surface area contributed by atoms with E-state index in [0.29, 0.717) is 22.1 Å². The van der Waals surface area contributed by atoms with Gasteiger partial charge in [0, 0.05) is 28.2 Å². The number of nitrogens with one attached hydrogen (secondary N) is 1. The number of rotatable bonds is 6. The van der Waals surface area contributed by atoms with Crippen molar-refractivity contribution in [2.75, 3.05) is 12.0 Å².